The lowest BCUT2D eigenvalue weighted by atomic mass is 9.87. The van der Waals surface area contributed by atoms with Crippen molar-refractivity contribution in [1.29, 1.82) is 0 Å². The van der Waals surface area contributed by atoms with Crippen LogP contribution in [0.25, 0.3) is 11.3 Å². The van der Waals surface area contributed by atoms with Gasteiger partial charge in [-0.3, -0.25) is 0 Å². The number of nitrogens with zero attached hydrogens (tertiary/aromatic N) is 4. The van der Waals surface area contributed by atoms with E-state index in [1.807, 2.05) is 12.5 Å². The Morgan fingerprint density at radius 3 is 2.81 bits per heavy atom. The lowest BCUT2D eigenvalue weighted by Crippen LogP contribution is -2.46. The van der Waals surface area contributed by atoms with E-state index in [1.165, 1.54) is 29.7 Å². The standard InChI is InChI=1S/C21H27N4O/c26-21(16-7-11-24(12-8-16)23-9-3-4-10-23)13-19-17-5-1-2-6-18(17)20-14-22-15-25(19)20/h1-2,5-6,9,14-16,19,21,26H,3-4,7-8,10-13H2. The summed E-state index contributed by atoms with van der Waals surface area (Å²) >= 11 is 0. The zero-order valence-electron chi connectivity index (χ0n) is 15.2. The average Bonchev–Trinajstić information content (AvgIpc) is 3.41. The van der Waals surface area contributed by atoms with Crippen LogP contribution in [0.5, 0.6) is 0 Å². The van der Waals surface area contributed by atoms with Crippen LogP contribution >= 0.6 is 0 Å². The third-order valence-electron chi connectivity index (χ3n) is 6.42. The van der Waals surface area contributed by atoms with Crippen molar-refractivity contribution in [3.05, 3.63) is 48.9 Å². The van der Waals surface area contributed by atoms with Crippen LogP contribution in [0.1, 0.15) is 43.7 Å². The van der Waals surface area contributed by atoms with Crippen molar-refractivity contribution in [2.24, 2.45) is 5.92 Å². The van der Waals surface area contributed by atoms with Gasteiger partial charge in [-0.1, -0.05) is 24.3 Å². The maximum Gasteiger partial charge on any atom is 0.0956 e. The van der Waals surface area contributed by atoms with E-state index in [4.69, 9.17) is 0 Å². The van der Waals surface area contributed by atoms with Gasteiger partial charge in [0.05, 0.1) is 30.4 Å². The molecule has 137 valence electrons. The molecular weight excluding hydrogens is 324 g/mol. The van der Waals surface area contributed by atoms with E-state index in [0.29, 0.717) is 5.92 Å². The molecule has 0 spiro atoms. The van der Waals surface area contributed by atoms with Crippen molar-refractivity contribution in [2.45, 2.75) is 44.2 Å². The first-order chi connectivity index (χ1) is 12.8. The Bertz CT molecular complexity index is 759. The number of fused-ring (bicyclic) bond motifs is 3. The van der Waals surface area contributed by atoms with Gasteiger partial charge in [0.2, 0.25) is 0 Å². The van der Waals surface area contributed by atoms with Crippen LogP contribution in [0.15, 0.2) is 36.8 Å². The van der Waals surface area contributed by atoms with E-state index >= 15 is 0 Å². The molecular formula is C21H27N4O. The largest absolute Gasteiger partial charge is 0.393 e. The van der Waals surface area contributed by atoms with E-state index in [0.717, 1.165) is 38.9 Å². The Balaban J connectivity index is 1.26. The van der Waals surface area contributed by atoms with Gasteiger partial charge in [0.15, 0.2) is 0 Å². The van der Waals surface area contributed by atoms with E-state index in [9.17, 15) is 5.11 Å². The molecule has 2 fully saturated rings. The lowest BCUT2D eigenvalue weighted by Gasteiger charge is -2.39. The van der Waals surface area contributed by atoms with Crippen molar-refractivity contribution in [1.82, 2.24) is 19.6 Å². The lowest BCUT2D eigenvalue weighted by molar-refractivity contribution is -0.0362. The van der Waals surface area contributed by atoms with Gasteiger partial charge in [-0.25, -0.2) is 15.0 Å². The summed E-state index contributed by atoms with van der Waals surface area (Å²) in [4.78, 5) is 4.33. The number of piperidine rings is 1. The minimum absolute atomic E-state index is 0.212. The fourth-order valence-corrected chi connectivity index (χ4v) is 4.96. The molecule has 5 rings (SSSR count). The smallest absolute Gasteiger partial charge is 0.0956 e. The van der Waals surface area contributed by atoms with Crippen LogP contribution in [-0.4, -0.2) is 50.4 Å². The highest BCUT2D eigenvalue weighted by Gasteiger charge is 2.34. The number of hydrogen-bond donors (Lipinski definition) is 1. The highest BCUT2D eigenvalue weighted by Crippen LogP contribution is 2.42. The Kier molecular flexibility index (Phi) is 4.31. The van der Waals surface area contributed by atoms with Crippen molar-refractivity contribution >= 4 is 0 Å². The number of aliphatic hydroxyl groups excluding tert-OH is 1. The summed E-state index contributed by atoms with van der Waals surface area (Å²) < 4.78 is 2.24. The van der Waals surface area contributed by atoms with Crippen LogP contribution in [-0.2, 0) is 0 Å². The Labute approximate surface area is 155 Å². The van der Waals surface area contributed by atoms with Crippen molar-refractivity contribution in [3.8, 4) is 11.3 Å². The maximum absolute atomic E-state index is 11.0. The highest BCUT2D eigenvalue weighted by atomic mass is 16.3. The SMILES string of the molecule is OC(CC1c2ccccc2-c2cncn21)C1CCN(N2[CH]CCC2)CC1. The minimum atomic E-state index is -0.258. The first-order valence-electron chi connectivity index (χ1n) is 9.95. The fraction of sp³-hybridized carbons (Fsp3) is 0.524. The molecule has 0 aliphatic carbocycles. The third kappa shape index (κ3) is 2.79. The second kappa shape index (κ2) is 6.80. The summed E-state index contributed by atoms with van der Waals surface area (Å²) in [6, 6.07) is 8.76. The van der Waals surface area contributed by atoms with E-state index in [1.54, 1.807) is 0 Å². The zero-order valence-corrected chi connectivity index (χ0v) is 15.2. The van der Waals surface area contributed by atoms with Gasteiger partial charge in [-0.15, -0.1) is 0 Å². The Morgan fingerprint density at radius 1 is 1.15 bits per heavy atom. The summed E-state index contributed by atoms with van der Waals surface area (Å²) in [5.74, 6) is 0.397. The summed E-state index contributed by atoms with van der Waals surface area (Å²) in [7, 11) is 0. The van der Waals surface area contributed by atoms with E-state index in [-0.39, 0.29) is 12.1 Å². The summed E-state index contributed by atoms with van der Waals surface area (Å²) in [5, 5.41) is 15.9. The second-order valence-electron chi connectivity index (χ2n) is 7.87. The predicted octanol–water partition coefficient (Wildman–Crippen LogP) is 3.09. The summed E-state index contributed by atoms with van der Waals surface area (Å²) in [5.41, 5.74) is 3.77. The molecule has 1 aromatic carbocycles. The van der Waals surface area contributed by atoms with Crippen molar-refractivity contribution < 1.29 is 5.11 Å². The number of hydrogen-bond acceptors (Lipinski definition) is 4. The van der Waals surface area contributed by atoms with Gasteiger partial charge in [-0.2, -0.15) is 0 Å². The Hall–Kier alpha value is -1.69. The van der Waals surface area contributed by atoms with E-state index in [2.05, 4.69) is 50.4 Å². The molecule has 2 atom stereocenters. The van der Waals surface area contributed by atoms with Gasteiger partial charge in [0, 0.05) is 31.7 Å². The van der Waals surface area contributed by atoms with Crippen LogP contribution < -0.4 is 0 Å². The topological polar surface area (TPSA) is 44.5 Å². The molecule has 1 N–H and O–H groups in total. The quantitative estimate of drug-likeness (QED) is 0.919. The van der Waals surface area contributed by atoms with Crippen molar-refractivity contribution in [2.75, 3.05) is 19.6 Å². The monoisotopic (exact) mass is 351 g/mol. The number of hydrazine groups is 1. The van der Waals surface area contributed by atoms with Gasteiger partial charge < -0.3 is 9.67 Å². The molecule has 2 aromatic rings. The average molecular weight is 351 g/mol. The first-order valence-corrected chi connectivity index (χ1v) is 9.95. The van der Waals surface area contributed by atoms with Crippen LogP contribution in [0.4, 0.5) is 0 Å². The molecule has 0 saturated carbocycles. The molecule has 5 nitrogen and oxygen atoms in total. The number of aliphatic hydroxyl groups is 1. The van der Waals surface area contributed by atoms with Gasteiger partial charge in [-0.05, 0) is 43.6 Å². The minimum Gasteiger partial charge on any atom is -0.393 e. The molecule has 3 aliphatic rings. The molecule has 4 heterocycles. The summed E-state index contributed by atoms with van der Waals surface area (Å²) in [6.07, 6.45) is 9.02. The molecule has 2 unspecified atom stereocenters. The van der Waals surface area contributed by atoms with Crippen LogP contribution in [0.3, 0.4) is 0 Å². The molecule has 0 bridgehead atoms. The third-order valence-corrected chi connectivity index (χ3v) is 6.42. The molecule has 26 heavy (non-hydrogen) atoms. The highest BCUT2D eigenvalue weighted by molar-refractivity contribution is 5.68. The first kappa shape index (κ1) is 16.5. The van der Waals surface area contributed by atoms with Gasteiger partial charge in [0.25, 0.3) is 0 Å². The van der Waals surface area contributed by atoms with E-state index < -0.39 is 0 Å². The molecule has 2 saturated heterocycles. The summed E-state index contributed by atoms with van der Waals surface area (Å²) in [6.45, 7) is 5.62. The van der Waals surface area contributed by atoms with Crippen molar-refractivity contribution in [3.63, 3.8) is 0 Å². The number of rotatable bonds is 4. The molecule has 0 amide bonds. The van der Waals surface area contributed by atoms with Crippen LogP contribution in [0, 0.1) is 12.5 Å². The number of imidazole rings is 1. The second-order valence-corrected chi connectivity index (χ2v) is 7.87. The molecule has 1 radical (unpaired) electrons. The normalized spacial score (nSPS) is 25.3. The maximum atomic E-state index is 11.0. The van der Waals surface area contributed by atoms with Gasteiger partial charge in [0.1, 0.15) is 0 Å². The Morgan fingerprint density at radius 2 is 2.00 bits per heavy atom. The molecule has 3 aliphatic heterocycles. The van der Waals surface area contributed by atoms with Gasteiger partial charge >= 0.3 is 0 Å². The number of benzene rings is 1. The predicted molar refractivity (Wildman–Crippen MR) is 101 cm³/mol. The number of aromatic nitrogens is 2. The zero-order chi connectivity index (χ0) is 17.5. The fourth-order valence-electron chi connectivity index (χ4n) is 4.96. The molecule has 1 aromatic heterocycles. The van der Waals surface area contributed by atoms with Crippen LogP contribution in [0.2, 0.25) is 0 Å². The molecule has 5 heteroatoms.